The van der Waals surface area contributed by atoms with E-state index in [4.69, 9.17) is 0 Å². The Morgan fingerprint density at radius 3 is 2.83 bits per heavy atom. The third-order valence-corrected chi connectivity index (χ3v) is 7.78. The van der Waals surface area contributed by atoms with Gasteiger partial charge in [0.05, 0.1) is 0 Å². The van der Waals surface area contributed by atoms with Crippen molar-refractivity contribution in [2.75, 3.05) is 19.6 Å². The van der Waals surface area contributed by atoms with Crippen LogP contribution in [0.2, 0.25) is 0 Å². The van der Waals surface area contributed by atoms with Crippen LogP contribution in [0.15, 0.2) is 0 Å². The van der Waals surface area contributed by atoms with Crippen LogP contribution in [0.3, 0.4) is 0 Å². The first-order valence-corrected chi connectivity index (χ1v) is 11.9. The van der Waals surface area contributed by atoms with Gasteiger partial charge in [-0.05, 0) is 0 Å². The second kappa shape index (κ2) is 4.27. The van der Waals surface area contributed by atoms with Crippen molar-refractivity contribution in [2.45, 2.75) is 31.2 Å². The summed E-state index contributed by atoms with van der Waals surface area (Å²) in [5.74, 6) is 0. The van der Waals surface area contributed by atoms with Gasteiger partial charge in [0.25, 0.3) is 0 Å². The van der Waals surface area contributed by atoms with Crippen LogP contribution < -0.4 is 22.8 Å². The second-order valence-corrected chi connectivity index (χ2v) is 8.00. The van der Waals surface area contributed by atoms with Crippen LogP contribution in [0.4, 0.5) is 0 Å². The van der Waals surface area contributed by atoms with Crippen molar-refractivity contribution in [3.05, 3.63) is 0 Å². The quantitative estimate of drug-likeness (QED) is 0.434. The summed E-state index contributed by atoms with van der Waals surface area (Å²) >= 11 is 2.89. The van der Waals surface area contributed by atoms with Crippen molar-refractivity contribution in [1.29, 1.82) is 0 Å². The molecule has 0 radical (unpaired) electrons. The Labute approximate surface area is 94.6 Å². The Bertz CT molecular complexity index is 157. The maximum atomic E-state index is 3.73. The Morgan fingerprint density at radius 1 is 1.33 bits per heavy atom. The minimum absolute atomic E-state index is 0.314. The van der Waals surface area contributed by atoms with Crippen molar-refractivity contribution >= 4 is 18.6 Å². The van der Waals surface area contributed by atoms with Crippen LogP contribution in [0.25, 0.3) is 0 Å². The van der Waals surface area contributed by atoms with Gasteiger partial charge in [-0.3, -0.25) is 0 Å². The van der Waals surface area contributed by atoms with Crippen molar-refractivity contribution in [1.82, 2.24) is 8.43 Å². The first-order valence-electron chi connectivity index (χ1n) is 4.61. The number of halogens is 2. The summed E-state index contributed by atoms with van der Waals surface area (Å²) in [7, 11) is 0. The van der Waals surface area contributed by atoms with Gasteiger partial charge in [0, 0.05) is 0 Å². The van der Waals surface area contributed by atoms with Crippen LogP contribution in [0.1, 0.15) is 25.7 Å². The minimum atomic E-state index is 0.314. The third kappa shape index (κ3) is 2.06. The van der Waals surface area contributed by atoms with Gasteiger partial charge in [0.2, 0.25) is 0 Å². The molecule has 2 aliphatic heterocycles. The molecule has 0 amide bonds. The molecule has 2 heterocycles. The average Bonchev–Trinajstić information content (AvgIpc) is 2.50. The fourth-order valence-corrected chi connectivity index (χ4v) is 5.55. The first-order chi connectivity index (χ1) is 5.85. The summed E-state index contributed by atoms with van der Waals surface area (Å²) < 4.78 is 2.66. The summed E-state index contributed by atoms with van der Waals surface area (Å²) in [6, 6.07) is 0. The molecule has 1 N–H and O–H groups in total. The molecular formula is C8H15I2N2-. The van der Waals surface area contributed by atoms with E-state index < -0.39 is 0 Å². The van der Waals surface area contributed by atoms with E-state index in [1.807, 2.05) is 0 Å². The zero-order valence-electron chi connectivity index (χ0n) is 7.15. The van der Waals surface area contributed by atoms with Gasteiger partial charge in [0.1, 0.15) is 0 Å². The SMILES string of the molecule is I[I-]N1CCC2(CCCCN2)C1. The molecule has 2 saturated heterocycles. The fourth-order valence-electron chi connectivity index (χ4n) is 2.26. The second-order valence-electron chi connectivity index (χ2n) is 3.82. The molecule has 0 saturated carbocycles. The molecule has 0 aromatic rings. The van der Waals surface area contributed by atoms with Gasteiger partial charge >= 0.3 is 95.4 Å². The monoisotopic (exact) mass is 393 g/mol. The Hall–Kier alpha value is 1.38. The van der Waals surface area contributed by atoms with Crippen molar-refractivity contribution in [2.24, 2.45) is 0 Å². The standard InChI is InChI=1S/C8H15I2N2/c9-10-12-6-4-8(7-12)3-1-2-5-11-8/h11H,1-7H2/q-1. The first kappa shape index (κ1) is 9.92. The van der Waals surface area contributed by atoms with Gasteiger partial charge in [-0.25, -0.2) is 0 Å². The molecule has 0 bridgehead atoms. The molecule has 4 heteroatoms. The van der Waals surface area contributed by atoms with Crippen LogP contribution in [0, 0.1) is 0 Å². The van der Waals surface area contributed by atoms with Crippen LogP contribution in [0.5, 0.6) is 0 Å². The number of rotatable bonds is 1. The Balaban J connectivity index is 1.94. The molecule has 2 rings (SSSR count). The Kier molecular flexibility index (Phi) is 3.53. The predicted molar refractivity (Wildman–Crippen MR) is 54.8 cm³/mol. The van der Waals surface area contributed by atoms with E-state index >= 15 is 0 Å². The molecule has 2 fully saturated rings. The molecule has 12 heavy (non-hydrogen) atoms. The van der Waals surface area contributed by atoms with Crippen molar-refractivity contribution < 1.29 is 17.5 Å². The predicted octanol–water partition coefficient (Wildman–Crippen LogP) is -1.44. The summed E-state index contributed by atoms with van der Waals surface area (Å²) in [5, 5.41) is 3.73. The van der Waals surface area contributed by atoms with E-state index in [1.165, 1.54) is 45.3 Å². The summed E-state index contributed by atoms with van der Waals surface area (Å²) in [6.07, 6.45) is 5.65. The topological polar surface area (TPSA) is 15.3 Å². The summed E-state index contributed by atoms with van der Waals surface area (Å²) in [6.45, 7) is 3.94. The van der Waals surface area contributed by atoms with Crippen LogP contribution in [-0.4, -0.2) is 28.3 Å². The molecule has 0 aromatic heterocycles. The average molecular weight is 393 g/mol. The summed E-state index contributed by atoms with van der Waals surface area (Å²) in [5.41, 5.74) is 0.545. The number of hydrogen-bond donors (Lipinski definition) is 1. The van der Waals surface area contributed by atoms with Gasteiger partial charge < -0.3 is 0 Å². The molecule has 0 aromatic carbocycles. The van der Waals surface area contributed by atoms with Crippen LogP contribution in [-0.2, 0) is 0 Å². The van der Waals surface area contributed by atoms with E-state index in [-0.39, 0.29) is 0 Å². The molecule has 0 aliphatic carbocycles. The molecule has 2 nitrogen and oxygen atoms in total. The van der Waals surface area contributed by atoms with E-state index in [9.17, 15) is 0 Å². The molecule has 1 spiro atoms. The van der Waals surface area contributed by atoms with Gasteiger partial charge in [-0.1, -0.05) is 0 Å². The van der Waals surface area contributed by atoms with E-state index in [1.54, 1.807) is 0 Å². The normalized spacial score (nSPS) is 38.1. The van der Waals surface area contributed by atoms with Crippen molar-refractivity contribution in [3.63, 3.8) is 0 Å². The molecular weight excluding hydrogens is 378 g/mol. The number of nitrogens with one attached hydrogen (secondary N) is 1. The zero-order chi connectivity index (χ0) is 8.44. The maximum absolute atomic E-state index is 3.73. The number of piperidine rings is 1. The van der Waals surface area contributed by atoms with Crippen molar-refractivity contribution in [3.8, 4) is 0 Å². The van der Waals surface area contributed by atoms with Gasteiger partial charge in [-0.15, -0.1) is 0 Å². The fraction of sp³-hybridized carbons (Fsp3) is 1.00. The molecule has 1 unspecified atom stereocenters. The van der Waals surface area contributed by atoms with Gasteiger partial charge in [0.15, 0.2) is 0 Å². The molecule has 2 aliphatic rings. The number of hydrogen-bond acceptors (Lipinski definition) is 2. The van der Waals surface area contributed by atoms with Crippen LogP contribution >= 0.6 is 18.6 Å². The Morgan fingerprint density at radius 2 is 2.25 bits per heavy atom. The van der Waals surface area contributed by atoms with E-state index in [2.05, 4.69) is 27.0 Å². The van der Waals surface area contributed by atoms with E-state index in [0.717, 1.165) is 0 Å². The third-order valence-electron chi connectivity index (χ3n) is 2.98. The molecule has 72 valence electrons. The number of nitrogens with zero attached hydrogens (tertiary/aromatic N) is 1. The van der Waals surface area contributed by atoms with Gasteiger partial charge in [-0.2, -0.15) is 0 Å². The molecule has 1 atom stereocenters. The van der Waals surface area contributed by atoms with E-state index in [0.29, 0.717) is 23.0 Å². The summed E-state index contributed by atoms with van der Waals surface area (Å²) in [4.78, 5) is 0. The zero-order valence-corrected chi connectivity index (χ0v) is 11.5.